The number of aromatic nitrogens is 2. The van der Waals surface area contributed by atoms with Crippen LogP contribution in [-0.4, -0.2) is 16.0 Å². The van der Waals surface area contributed by atoms with E-state index in [1.54, 1.807) is 24.3 Å². The van der Waals surface area contributed by atoms with E-state index in [1.165, 1.54) is 0 Å². The second kappa shape index (κ2) is 5.32. The summed E-state index contributed by atoms with van der Waals surface area (Å²) in [6.07, 6.45) is -4.56. The van der Waals surface area contributed by atoms with Gasteiger partial charge in [0.2, 0.25) is 0 Å². The molecule has 8 heteroatoms. The molecule has 2 rings (SSSR count). The van der Waals surface area contributed by atoms with Gasteiger partial charge in [-0.05, 0) is 26.0 Å². The second-order valence-corrected chi connectivity index (χ2v) is 6.11. The lowest BCUT2D eigenvalue weighted by atomic mass is 10.1. The van der Waals surface area contributed by atoms with Crippen LogP contribution in [0.15, 0.2) is 28.7 Å². The molecule has 1 aromatic heterocycles. The second-order valence-electron chi connectivity index (χ2n) is 5.20. The average Bonchev–Trinajstić information content (AvgIpc) is 2.75. The molecule has 0 aliphatic carbocycles. The summed E-state index contributed by atoms with van der Waals surface area (Å²) in [5.41, 5.74) is 3.99. The summed E-state index contributed by atoms with van der Waals surface area (Å²) in [6.45, 7) is 1.92. The molecule has 0 fully saturated rings. The van der Waals surface area contributed by atoms with E-state index in [0.717, 1.165) is 18.3 Å². The zero-order chi connectivity index (χ0) is 16.7. The van der Waals surface area contributed by atoms with Crippen molar-refractivity contribution >= 4 is 21.7 Å². The van der Waals surface area contributed by atoms with E-state index in [4.69, 9.17) is 5.73 Å². The van der Waals surface area contributed by atoms with E-state index in [-0.39, 0.29) is 17.1 Å². The molecule has 0 spiro atoms. The van der Waals surface area contributed by atoms with Crippen LogP contribution in [-0.2, 0) is 5.54 Å². The van der Waals surface area contributed by atoms with Crippen molar-refractivity contribution in [3.05, 3.63) is 34.3 Å². The Bertz CT molecular complexity index is 739. The molecule has 1 heterocycles. The highest BCUT2D eigenvalue weighted by atomic mass is 79.9. The minimum absolute atomic E-state index is 0.0698. The summed E-state index contributed by atoms with van der Waals surface area (Å²) in [6, 6.07) is 8.55. The number of rotatable bonds is 2. The number of anilines is 1. The summed E-state index contributed by atoms with van der Waals surface area (Å²) < 4.78 is 41.0. The van der Waals surface area contributed by atoms with Crippen molar-refractivity contribution in [3.8, 4) is 17.3 Å². The van der Waals surface area contributed by atoms with Gasteiger partial charge in [0.1, 0.15) is 23.1 Å². The topological polar surface area (TPSA) is 67.6 Å². The Morgan fingerprint density at radius 2 is 1.77 bits per heavy atom. The number of halogens is 4. The number of nitriles is 1. The van der Waals surface area contributed by atoms with Gasteiger partial charge in [-0.3, -0.25) is 0 Å². The molecular weight excluding hydrogens is 361 g/mol. The lowest BCUT2D eigenvalue weighted by molar-refractivity contribution is -0.205. The first-order valence-corrected chi connectivity index (χ1v) is 7.00. The zero-order valence-electron chi connectivity index (χ0n) is 11.7. The molecular formula is C14H12BrF3N4. The average molecular weight is 373 g/mol. The first-order valence-electron chi connectivity index (χ1n) is 6.21. The Morgan fingerprint density at radius 1 is 1.23 bits per heavy atom. The van der Waals surface area contributed by atoms with Crippen LogP contribution < -0.4 is 5.73 Å². The molecule has 0 saturated carbocycles. The van der Waals surface area contributed by atoms with Crippen LogP contribution in [0.3, 0.4) is 0 Å². The maximum atomic E-state index is 13.2. The third-order valence-electron chi connectivity index (χ3n) is 3.37. The van der Waals surface area contributed by atoms with Crippen LogP contribution in [0.1, 0.15) is 19.4 Å². The molecule has 0 saturated heterocycles. The molecule has 0 bridgehead atoms. The van der Waals surface area contributed by atoms with Gasteiger partial charge in [-0.2, -0.15) is 23.5 Å². The van der Waals surface area contributed by atoms with Crippen LogP contribution in [0.4, 0.5) is 19.0 Å². The molecule has 2 N–H and O–H groups in total. The Labute approximate surface area is 133 Å². The Balaban J connectivity index is 2.67. The first kappa shape index (κ1) is 16.4. The van der Waals surface area contributed by atoms with Crippen LogP contribution >= 0.6 is 15.9 Å². The smallest absolute Gasteiger partial charge is 0.383 e. The maximum absolute atomic E-state index is 13.2. The summed E-state index contributed by atoms with van der Waals surface area (Å²) in [4.78, 5) is 0. The van der Waals surface area contributed by atoms with Gasteiger partial charge < -0.3 is 5.73 Å². The van der Waals surface area contributed by atoms with Gasteiger partial charge in [-0.25, -0.2) is 4.68 Å². The minimum Gasteiger partial charge on any atom is -0.383 e. The predicted octanol–water partition coefficient (Wildman–Crippen LogP) is 4.06. The predicted molar refractivity (Wildman–Crippen MR) is 79.9 cm³/mol. The number of nitrogen functional groups attached to an aromatic ring is 1. The largest absolute Gasteiger partial charge is 0.413 e. The SMILES string of the molecule is CC(C)(n1nc(-c2ccc(Br)cc2)c(C#N)c1N)C(F)(F)F. The standard InChI is InChI=1S/C14H12BrF3N4/c1-13(2,14(16,17)18)22-12(20)10(7-19)11(21-22)8-3-5-9(15)6-4-8/h3-6H,20H2,1-2H3. The van der Waals surface area contributed by atoms with Gasteiger partial charge >= 0.3 is 6.18 Å². The fourth-order valence-corrected chi connectivity index (χ4v) is 2.16. The van der Waals surface area contributed by atoms with E-state index in [1.807, 2.05) is 6.07 Å². The highest BCUT2D eigenvalue weighted by Crippen LogP contribution is 2.39. The van der Waals surface area contributed by atoms with Gasteiger partial charge in [0, 0.05) is 10.0 Å². The molecule has 0 atom stereocenters. The molecule has 4 nitrogen and oxygen atoms in total. The van der Waals surface area contributed by atoms with Crippen molar-refractivity contribution in [2.24, 2.45) is 0 Å². The third-order valence-corrected chi connectivity index (χ3v) is 3.90. The van der Waals surface area contributed by atoms with E-state index in [2.05, 4.69) is 21.0 Å². The summed E-state index contributed by atoms with van der Waals surface area (Å²) in [5.74, 6) is -0.303. The monoisotopic (exact) mass is 372 g/mol. The van der Waals surface area contributed by atoms with Crippen LogP contribution in [0.25, 0.3) is 11.3 Å². The minimum atomic E-state index is -4.56. The number of hydrogen-bond acceptors (Lipinski definition) is 3. The Morgan fingerprint density at radius 3 is 2.23 bits per heavy atom. The maximum Gasteiger partial charge on any atom is 0.413 e. The molecule has 116 valence electrons. The number of nitrogens with zero attached hydrogens (tertiary/aromatic N) is 3. The number of alkyl halides is 3. The van der Waals surface area contributed by atoms with Crippen LogP contribution in [0.5, 0.6) is 0 Å². The molecule has 0 amide bonds. The van der Waals surface area contributed by atoms with Gasteiger partial charge in [0.25, 0.3) is 0 Å². The zero-order valence-corrected chi connectivity index (χ0v) is 13.3. The van der Waals surface area contributed by atoms with Gasteiger partial charge in [-0.15, -0.1) is 0 Å². The van der Waals surface area contributed by atoms with E-state index >= 15 is 0 Å². The molecule has 0 radical (unpaired) electrons. The molecule has 22 heavy (non-hydrogen) atoms. The van der Waals surface area contributed by atoms with Crippen molar-refractivity contribution in [1.82, 2.24) is 9.78 Å². The molecule has 0 unspecified atom stereocenters. The van der Waals surface area contributed by atoms with Crippen molar-refractivity contribution < 1.29 is 13.2 Å². The summed E-state index contributed by atoms with van der Waals surface area (Å²) >= 11 is 3.27. The fourth-order valence-electron chi connectivity index (χ4n) is 1.90. The van der Waals surface area contributed by atoms with Gasteiger partial charge in [-0.1, -0.05) is 28.1 Å². The molecule has 1 aromatic carbocycles. The molecule has 0 aliphatic heterocycles. The van der Waals surface area contributed by atoms with Gasteiger partial charge in [0.15, 0.2) is 5.54 Å². The van der Waals surface area contributed by atoms with Gasteiger partial charge in [0.05, 0.1) is 0 Å². The van der Waals surface area contributed by atoms with E-state index in [9.17, 15) is 18.4 Å². The quantitative estimate of drug-likeness (QED) is 0.863. The Kier molecular flexibility index (Phi) is 3.96. The normalized spacial score (nSPS) is 12.2. The van der Waals surface area contributed by atoms with Crippen molar-refractivity contribution in [3.63, 3.8) is 0 Å². The Hall–Kier alpha value is -2.01. The van der Waals surface area contributed by atoms with Crippen molar-refractivity contribution in [2.45, 2.75) is 25.6 Å². The van der Waals surface area contributed by atoms with Crippen LogP contribution in [0, 0.1) is 11.3 Å². The molecule has 2 aromatic rings. The fraction of sp³-hybridized carbons (Fsp3) is 0.286. The van der Waals surface area contributed by atoms with Crippen molar-refractivity contribution in [2.75, 3.05) is 5.73 Å². The highest BCUT2D eigenvalue weighted by molar-refractivity contribution is 9.10. The lowest BCUT2D eigenvalue weighted by Gasteiger charge is -2.28. The number of benzene rings is 1. The third kappa shape index (κ3) is 2.57. The first-order chi connectivity index (χ1) is 10.1. The van der Waals surface area contributed by atoms with E-state index in [0.29, 0.717) is 10.2 Å². The molecule has 0 aliphatic rings. The van der Waals surface area contributed by atoms with E-state index < -0.39 is 11.7 Å². The number of hydrogen-bond donors (Lipinski definition) is 1. The number of nitrogens with two attached hydrogens (primary N) is 1. The summed E-state index contributed by atoms with van der Waals surface area (Å²) in [5, 5.41) is 13.2. The lowest BCUT2D eigenvalue weighted by Crippen LogP contribution is -2.43. The van der Waals surface area contributed by atoms with Crippen LogP contribution in [0.2, 0.25) is 0 Å². The summed E-state index contributed by atoms with van der Waals surface area (Å²) in [7, 11) is 0. The highest BCUT2D eigenvalue weighted by Gasteiger charge is 2.51. The van der Waals surface area contributed by atoms with Crippen molar-refractivity contribution in [1.29, 1.82) is 5.26 Å².